The van der Waals surface area contributed by atoms with Crippen LogP contribution in [0.4, 0.5) is 0 Å². The maximum Gasteiger partial charge on any atom is 0.160 e. The molecule has 232 valence electrons. The summed E-state index contributed by atoms with van der Waals surface area (Å²) in [6.07, 6.45) is 0. The Kier molecular flexibility index (Phi) is 5.59. The molecule has 3 heteroatoms. The van der Waals surface area contributed by atoms with E-state index in [9.17, 15) is 0 Å². The normalized spacial score (nSPS) is 13.4. The minimum atomic E-state index is -0.525. The van der Waals surface area contributed by atoms with Crippen LogP contribution in [0.5, 0.6) is 0 Å². The van der Waals surface area contributed by atoms with Crippen LogP contribution in [0, 0.1) is 0 Å². The first kappa shape index (κ1) is 27.4. The van der Waals surface area contributed by atoms with Crippen LogP contribution in [-0.2, 0) is 5.41 Å². The fraction of sp³-hybridized carbons (Fsp3) is 0.0213. The Bertz CT molecular complexity index is 2710. The van der Waals surface area contributed by atoms with Gasteiger partial charge >= 0.3 is 0 Å². The predicted molar refractivity (Wildman–Crippen MR) is 204 cm³/mol. The standard InChI is InChI=1S/C47H29N3/c1-2-14-30(15-3-1)44-43-45(37-20-6-11-23-40(37)47(43)38-21-9-4-16-33(38)34-17-5-10-22-39(34)47)49-46(48-44)31-26-28-32(29-27-31)50-41-24-12-7-18-35(41)36-19-8-13-25-42(36)50/h1-29H. The molecule has 0 bridgehead atoms. The molecule has 0 saturated heterocycles. The van der Waals surface area contributed by atoms with E-state index in [1.807, 2.05) is 0 Å². The number of rotatable bonds is 3. The molecule has 11 rings (SSSR count). The van der Waals surface area contributed by atoms with Crippen molar-refractivity contribution in [2.24, 2.45) is 0 Å². The van der Waals surface area contributed by atoms with E-state index < -0.39 is 5.41 Å². The van der Waals surface area contributed by atoms with Gasteiger partial charge in [-0.3, -0.25) is 0 Å². The van der Waals surface area contributed by atoms with E-state index in [2.05, 4.69) is 180 Å². The second-order valence-electron chi connectivity index (χ2n) is 13.3. The van der Waals surface area contributed by atoms with Crippen LogP contribution in [0.15, 0.2) is 176 Å². The van der Waals surface area contributed by atoms with Crippen molar-refractivity contribution in [3.63, 3.8) is 0 Å². The van der Waals surface area contributed by atoms with Crippen LogP contribution < -0.4 is 0 Å². The van der Waals surface area contributed by atoms with Crippen molar-refractivity contribution in [3.8, 4) is 50.7 Å². The lowest BCUT2D eigenvalue weighted by Gasteiger charge is -2.31. The third kappa shape index (κ3) is 3.53. The maximum absolute atomic E-state index is 5.51. The van der Waals surface area contributed by atoms with Crippen molar-refractivity contribution in [2.45, 2.75) is 5.41 Å². The molecular formula is C47H29N3. The summed E-state index contributed by atoms with van der Waals surface area (Å²) < 4.78 is 2.35. The fourth-order valence-electron chi connectivity index (χ4n) is 8.85. The minimum absolute atomic E-state index is 0.525. The summed E-state index contributed by atoms with van der Waals surface area (Å²) in [6.45, 7) is 0. The average molecular weight is 636 g/mol. The largest absolute Gasteiger partial charge is 0.309 e. The molecule has 0 aliphatic heterocycles. The Morgan fingerprint density at radius 2 is 0.860 bits per heavy atom. The predicted octanol–water partition coefficient (Wildman–Crippen LogP) is 11.3. The highest BCUT2D eigenvalue weighted by Crippen LogP contribution is 2.64. The van der Waals surface area contributed by atoms with Gasteiger partial charge in [0.25, 0.3) is 0 Å². The average Bonchev–Trinajstić information content (AvgIpc) is 3.80. The van der Waals surface area contributed by atoms with Gasteiger partial charge in [0.15, 0.2) is 5.82 Å². The monoisotopic (exact) mass is 635 g/mol. The lowest BCUT2D eigenvalue weighted by Crippen LogP contribution is -2.27. The van der Waals surface area contributed by atoms with Crippen molar-refractivity contribution in [1.82, 2.24) is 14.5 Å². The zero-order valence-corrected chi connectivity index (χ0v) is 27.1. The van der Waals surface area contributed by atoms with Crippen LogP contribution in [0.2, 0.25) is 0 Å². The Labute approximate surface area is 289 Å². The van der Waals surface area contributed by atoms with Gasteiger partial charge in [0, 0.05) is 38.7 Å². The molecule has 0 saturated carbocycles. The molecule has 0 radical (unpaired) electrons. The molecule has 0 N–H and O–H groups in total. The van der Waals surface area contributed by atoms with Crippen molar-refractivity contribution in [2.75, 3.05) is 0 Å². The van der Waals surface area contributed by atoms with Crippen LogP contribution in [0.3, 0.4) is 0 Å². The van der Waals surface area contributed by atoms with Crippen LogP contribution in [-0.4, -0.2) is 14.5 Å². The zero-order valence-electron chi connectivity index (χ0n) is 27.1. The Balaban J connectivity index is 1.17. The minimum Gasteiger partial charge on any atom is -0.309 e. The second kappa shape index (κ2) is 10.2. The van der Waals surface area contributed by atoms with E-state index in [0.717, 1.165) is 45.2 Å². The summed E-state index contributed by atoms with van der Waals surface area (Å²) in [5.41, 5.74) is 15.7. The Morgan fingerprint density at radius 1 is 0.380 bits per heavy atom. The quantitative estimate of drug-likeness (QED) is 0.193. The van der Waals surface area contributed by atoms with E-state index in [0.29, 0.717) is 0 Å². The molecule has 2 aliphatic carbocycles. The van der Waals surface area contributed by atoms with Gasteiger partial charge in [-0.2, -0.15) is 0 Å². The zero-order chi connectivity index (χ0) is 32.8. The van der Waals surface area contributed by atoms with Gasteiger partial charge in [-0.15, -0.1) is 0 Å². The molecule has 50 heavy (non-hydrogen) atoms. The molecule has 1 spiro atoms. The van der Waals surface area contributed by atoms with Gasteiger partial charge in [0.1, 0.15) is 0 Å². The van der Waals surface area contributed by atoms with Crippen molar-refractivity contribution in [1.29, 1.82) is 0 Å². The summed E-state index contributed by atoms with van der Waals surface area (Å²) in [5.74, 6) is 0.725. The number of benzene rings is 7. The molecule has 2 aromatic heterocycles. The Morgan fingerprint density at radius 3 is 1.48 bits per heavy atom. The SMILES string of the molecule is c1ccc(-c2nc(-c3ccc(-n4c5ccccc5c5ccccc54)cc3)nc3c2C2(c4ccccc4-c4ccccc42)c2ccccc2-3)cc1. The first-order chi connectivity index (χ1) is 24.8. The van der Waals surface area contributed by atoms with Crippen molar-refractivity contribution < 1.29 is 0 Å². The van der Waals surface area contributed by atoms with E-state index in [-0.39, 0.29) is 0 Å². The molecular weight excluding hydrogens is 607 g/mol. The van der Waals surface area contributed by atoms with Gasteiger partial charge in [-0.1, -0.05) is 140 Å². The number of hydrogen-bond acceptors (Lipinski definition) is 2. The fourth-order valence-corrected chi connectivity index (χ4v) is 8.85. The molecule has 2 aliphatic rings. The molecule has 0 unspecified atom stereocenters. The first-order valence-corrected chi connectivity index (χ1v) is 17.2. The third-order valence-corrected chi connectivity index (χ3v) is 10.8. The van der Waals surface area contributed by atoms with Gasteiger partial charge in [-0.05, 0) is 64.2 Å². The highest BCUT2D eigenvalue weighted by molar-refractivity contribution is 6.09. The molecule has 9 aromatic rings. The molecule has 2 heterocycles. The lowest BCUT2D eigenvalue weighted by molar-refractivity contribution is 0.788. The molecule has 0 atom stereocenters. The highest BCUT2D eigenvalue weighted by atomic mass is 15.0. The maximum atomic E-state index is 5.51. The van der Waals surface area contributed by atoms with E-state index in [4.69, 9.17) is 9.97 Å². The number of para-hydroxylation sites is 2. The number of fused-ring (bicyclic) bond motifs is 13. The van der Waals surface area contributed by atoms with Crippen LogP contribution >= 0.6 is 0 Å². The lowest BCUT2D eigenvalue weighted by atomic mass is 9.69. The third-order valence-electron chi connectivity index (χ3n) is 10.8. The van der Waals surface area contributed by atoms with Crippen molar-refractivity contribution >= 4 is 21.8 Å². The smallest absolute Gasteiger partial charge is 0.160 e. The molecule has 0 fully saturated rings. The molecule has 3 nitrogen and oxygen atoms in total. The molecule has 7 aromatic carbocycles. The van der Waals surface area contributed by atoms with E-state index in [1.165, 1.54) is 49.6 Å². The van der Waals surface area contributed by atoms with Gasteiger partial charge in [0.2, 0.25) is 0 Å². The number of hydrogen-bond donors (Lipinski definition) is 0. The highest BCUT2D eigenvalue weighted by Gasteiger charge is 2.54. The second-order valence-corrected chi connectivity index (χ2v) is 13.3. The summed E-state index contributed by atoms with van der Waals surface area (Å²) in [4.78, 5) is 11.0. The first-order valence-electron chi connectivity index (χ1n) is 17.2. The topological polar surface area (TPSA) is 30.7 Å². The number of nitrogens with zero attached hydrogens (tertiary/aromatic N) is 3. The van der Waals surface area contributed by atoms with Gasteiger partial charge in [-0.25, -0.2) is 9.97 Å². The van der Waals surface area contributed by atoms with E-state index >= 15 is 0 Å². The van der Waals surface area contributed by atoms with Gasteiger partial charge < -0.3 is 4.57 Å². The summed E-state index contributed by atoms with van der Waals surface area (Å²) in [7, 11) is 0. The van der Waals surface area contributed by atoms with Crippen LogP contribution in [0.1, 0.15) is 22.3 Å². The summed E-state index contributed by atoms with van der Waals surface area (Å²) >= 11 is 0. The summed E-state index contributed by atoms with van der Waals surface area (Å²) in [6, 6.07) is 63.3. The van der Waals surface area contributed by atoms with Gasteiger partial charge in [0.05, 0.1) is 27.8 Å². The Hall–Kier alpha value is -6.58. The number of aromatic nitrogens is 3. The molecule has 0 amide bonds. The summed E-state index contributed by atoms with van der Waals surface area (Å²) in [5, 5.41) is 2.51. The van der Waals surface area contributed by atoms with E-state index in [1.54, 1.807) is 0 Å². The van der Waals surface area contributed by atoms with Crippen molar-refractivity contribution in [3.05, 3.63) is 198 Å². The van der Waals surface area contributed by atoms with Crippen LogP contribution in [0.25, 0.3) is 72.5 Å².